The summed E-state index contributed by atoms with van der Waals surface area (Å²) >= 11 is 1.61. The normalized spacial score (nSPS) is 17.4. The van der Waals surface area contributed by atoms with Crippen LogP contribution in [0.25, 0.3) is 0 Å². The van der Waals surface area contributed by atoms with E-state index >= 15 is 0 Å². The Balaban J connectivity index is 0.770. The van der Waals surface area contributed by atoms with E-state index in [1.165, 1.54) is 25.7 Å². The number of fused-ring (bicyclic) bond motifs is 12. The van der Waals surface area contributed by atoms with Gasteiger partial charge in [-0.1, -0.05) is 153 Å². The molecule has 4 unspecified atom stereocenters. The zero-order chi connectivity index (χ0) is 58.0. The van der Waals surface area contributed by atoms with E-state index in [0.717, 1.165) is 142 Å². The van der Waals surface area contributed by atoms with Gasteiger partial charge in [-0.25, -0.2) is 9.98 Å². The zero-order valence-electron chi connectivity index (χ0n) is 49.6. The van der Waals surface area contributed by atoms with E-state index in [2.05, 4.69) is 112 Å². The lowest BCUT2D eigenvalue weighted by atomic mass is 9.76. The van der Waals surface area contributed by atoms with Crippen LogP contribution >= 0.6 is 11.3 Å². The van der Waals surface area contributed by atoms with Crippen molar-refractivity contribution in [1.82, 2.24) is 0 Å². The Morgan fingerprint density at radius 3 is 1.25 bits per heavy atom. The molecule has 11 heteroatoms. The molecule has 7 aromatic carbocycles. The molecule has 5 heterocycles. The van der Waals surface area contributed by atoms with Crippen LogP contribution in [0.1, 0.15) is 161 Å². The second kappa shape index (κ2) is 26.5. The minimum absolute atomic E-state index is 0.440. The van der Waals surface area contributed by atoms with Gasteiger partial charge in [0, 0.05) is 63.2 Å². The molecule has 4 aliphatic heterocycles. The molecule has 1 aromatic heterocycles. The van der Waals surface area contributed by atoms with Crippen LogP contribution in [0.5, 0.6) is 46.0 Å². The van der Waals surface area contributed by atoms with Gasteiger partial charge in [-0.05, 0) is 122 Å². The van der Waals surface area contributed by atoms with E-state index in [1.54, 1.807) is 11.3 Å². The SMILES string of the molecule is CCCCCCOc1ccc2c(c1)Oc1cc(OCCC(CCC)C(CCC)CCOc3ccc4c(c3)Oc3cc(OCCCCCC)ccc3C43OC(c4cccs4)=Nc4ccccc43)ccc1C21OC(c2ccccc2)=Nc2ccccc21. The molecule has 4 atom stereocenters. The van der Waals surface area contributed by atoms with Gasteiger partial charge >= 0.3 is 0 Å². The maximum Gasteiger partial charge on any atom is 0.233 e. The summed E-state index contributed by atoms with van der Waals surface area (Å²) in [6, 6.07) is 55.5. The van der Waals surface area contributed by atoms with Crippen molar-refractivity contribution in [3.05, 3.63) is 213 Å². The van der Waals surface area contributed by atoms with E-state index < -0.39 is 11.2 Å². The summed E-state index contributed by atoms with van der Waals surface area (Å²) in [5, 5.41) is 2.06. The van der Waals surface area contributed by atoms with Crippen molar-refractivity contribution >= 4 is 34.5 Å². The van der Waals surface area contributed by atoms with Gasteiger partial charge < -0.3 is 37.9 Å². The third kappa shape index (κ3) is 11.9. The van der Waals surface area contributed by atoms with Gasteiger partial charge in [0.1, 0.15) is 46.0 Å². The van der Waals surface area contributed by atoms with E-state index in [0.29, 0.717) is 73.1 Å². The van der Waals surface area contributed by atoms with Crippen molar-refractivity contribution in [2.45, 2.75) is 129 Å². The number of unbranched alkanes of at least 4 members (excludes halogenated alkanes) is 6. The quantitative estimate of drug-likeness (QED) is 0.0470. The lowest BCUT2D eigenvalue weighted by Gasteiger charge is -2.43. The predicted octanol–water partition coefficient (Wildman–Crippen LogP) is 19.7. The summed E-state index contributed by atoms with van der Waals surface area (Å²) in [5.41, 5.74) is 5.98. The lowest BCUT2D eigenvalue weighted by molar-refractivity contribution is 0.123. The topological polar surface area (TPSA) is 98.6 Å². The van der Waals surface area contributed by atoms with Crippen LogP contribution in [-0.4, -0.2) is 38.2 Å². The zero-order valence-corrected chi connectivity index (χ0v) is 50.4. The first-order chi connectivity index (χ1) is 41.9. The first-order valence-electron chi connectivity index (χ1n) is 31.2. The summed E-state index contributed by atoms with van der Waals surface area (Å²) in [6.07, 6.45) is 15.2. The highest BCUT2D eigenvalue weighted by molar-refractivity contribution is 7.12. The van der Waals surface area contributed by atoms with E-state index in [1.807, 2.05) is 84.9 Å². The Bertz CT molecular complexity index is 3640. The van der Waals surface area contributed by atoms with Crippen molar-refractivity contribution in [1.29, 1.82) is 0 Å². The number of aliphatic imine (C=N–C) groups is 2. The Kier molecular flexibility index (Phi) is 17.9. The van der Waals surface area contributed by atoms with Crippen molar-refractivity contribution in [3.63, 3.8) is 0 Å². The van der Waals surface area contributed by atoms with Gasteiger partial charge in [0.2, 0.25) is 11.8 Å². The fraction of sp³-hybridized carbons (Fsp3) is 0.351. The van der Waals surface area contributed by atoms with Gasteiger partial charge in [0.05, 0.1) is 42.7 Å². The molecule has 0 saturated heterocycles. The van der Waals surface area contributed by atoms with E-state index in [4.69, 9.17) is 47.9 Å². The number of nitrogens with zero attached hydrogens (tertiary/aromatic N) is 2. The van der Waals surface area contributed by atoms with Crippen LogP contribution in [0.15, 0.2) is 179 Å². The van der Waals surface area contributed by atoms with Crippen molar-refractivity contribution in [3.8, 4) is 46.0 Å². The highest BCUT2D eigenvalue weighted by atomic mass is 32.1. The summed E-state index contributed by atoms with van der Waals surface area (Å²) in [6.45, 7) is 11.4. The van der Waals surface area contributed by atoms with Gasteiger partial charge in [-0.2, -0.15) is 0 Å². The van der Waals surface area contributed by atoms with Crippen LogP contribution in [0.3, 0.4) is 0 Å². The minimum atomic E-state index is -1.06. The monoisotopic (exact) mass is 1150 g/mol. The first-order valence-corrected chi connectivity index (χ1v) is 32.1. The summed E-state index contributed by atoms with van der Waals surface area (Å²) < 4.78 is 54.6. The Morgan fingerprint density at radius 2 is 0.812 bits per heavy atom. The molecular formula is C74H78N2O8S. The Labute approximate surface area is 505 Å². The number of ether oxygens (including phenoxy) is 8. The van der Waals surface area contributed by atoms with Crippen LogP contribution in [0.2, 0.25) is 0 Å². The lowest BCUT2D eigenvalue weighted by Crippen LogP contribution is -2.40. The predicted molar refractivity (Wildman–Crippen MR) is 340 cm³/mol. The van der Waals surface area contributed by atoms with Gasteiger partial charge in [0.15, 0.2) is 11.2 Å². The summed E-state index contributed by atoms with van der Waals surface area (Å²) in [7, 11) is 0. The van der Waals surface area contributed by atoms with Crippen LogP contribution in [-0.2, 0) is 20.7 Å². The summed E-state index contributed by atoms with van der Waals surface area (Å²) in [5.74, 6) is 7.76. The van der Waals surface area contributed by atoms with Crippen molar-refractivity contribution in [2.75, 3.05) is 26.4 Å². The van der Waals surface area contributed by atoms with E-state index in [9.17, 15) is 0 Å². The highest BCUT2D eigenvalue weighted by Gasteiger charge is 2.52. The molecule has 0 radical (unpaired) electrons. The fourth-order valence-electron chi connectivity index (χ4n) is 12.9. The minimum Gasteiger partial charge on any atom is -0.493 e. The van der Waals surface area contributed by atoms with Gasteiger partial charge in [-0.15, -0.1) is 11.3 Å². The Morgan fingerprint density at radius 1 is 0.388 bits per heavy atom. The number of benzene rings is 7. The number of thiophene rings is 1. The molecule has 0 amide bonds. The highest BCUT2D eigenvalue weighted by Crippen LogP contribution is 2.59. The van der Waals surface area contributed by atoms with Crippen molar-refractivity contribution in [2.24, 2.45) is 21.8 Å². The molecule has 4 aliphatic rings. The molecule has 10 nitrogen and oxygen atoms in total. The molecule has 2 spiro atoms. The maximum atomic E-state index is 7.30. The fourth-order valence-corrected chi connectivity index (χ4v) is 13.5. The molecule has 0 bridgehead atoms. The van der Waals surface area contributed by atoms with Gasteiger partial charge in [0.25, 0.3) is 0 Å². The molecule has 8 aromatic rings. The molecule has 85 heavy (non-hydrogen) atoms. The third-order valence-corrected chi connectivity index (χ3v) is 17.9. The maximum absolute atomic E-state index is 7.30. The number of hydrogen-bond donors (Lipinski definition) is 0. The smallest absolute Gasteiger partial charge is 0.233 e. The second-order valence-corrected chi connectivity index (χ2v) is 23.8. The average molecular weight is 1160 g/mol. The second-order valence-electron chi connectivity index (χ2n) is 22.8. The van der Waals surface area contributed by atoms with E-state index in [-0.39, 0.29) is 0 Å². The molecule has 0 N–H and O–H groups in total. The largest absolute Gasteiger partial charge is 0.493 e. The number of hydrogen-bond acceptors (Lipinski definition) is 11. The molecule has 12 rings (SSSR count). The van der Waals surface area contributed by atoms with Crippen LogP contribution in [0, 0.1) is 11.8 Å². The molecular weight excluding hydrogens is 1080 g/mol. The summed E-state index contributed by atoms with van der Waals surface area (Å²) in [4.78, 5) is 11.1. The molecule has 438 valence electrons. The molecule has 0 saturated carbocycles. The van der Waals surface area contributed by atoms with Crippen LogP contribution in [0.4, 0.5) is 11.4 Å². The standard InChI is InChI=1S/C74H78N2O8S/c1-5-9-11-20-42-77-54-32-36-60-66(47-54)81-68-49-56(34-38-61(68)73(60)58-27-16-18-29-64(58)75-71(83-73)53-25-14-13-15-26-53)79-44-40-51(23-7-3)52(24-8-4)41-45-80-57-35-39-63-69(50-57)82-67-48-55(78-43-21-12-10-6-2)33-37-62(67)74(63)59-28-17-19-30-65(59)76-72(84-74)70-31-22-46-85-70/h13-19,22,25-39,46-52H,5-12,20-21,23-24,40-45H2,1-4H3. The molecule has 0 aliphatic carbocycles. The third-order valence-electron chi connectivity index (χ3n) is 17.1. The first kappa shape index (κ1) is 57.4. The number of para-hydroxylation sites is 2. The number of rotatable bonds is 27. The Hall–Kier alpha value is -8.02. The molecule has 0 fully saturated rings. The van der Waals surface area contributed by atoms with Gasteiger partial charge in [-0.3, -0.25) is 0 Å². The van der Waals surface area contributed by atoms with Crippen LogP contribution < -0.4 is 28.4 Å². The average Bonchev–Trinajstić information content (AvgIpc) is 0.860. The van der Waals surface area contributed by atoms with Crippen molar-refractivity contribution < 1.29 is 37.9 Å².